The number of rotatable bonds is 8. The first-order valence-corrected chi connectivity index (χ1v) is 7.11. The molecule has 0 bridgehead atoms. The summed E-state index contributed by atoms with van der Waals surface area (Å²) in [6, 6.07) is 8.83. The molecule has 102 valence electrons. The molecule has 0 spiro atoms. The topological polar surface area (TPSA) is 41.5 Å². The van der Waals surface area contributed by atoms with Crippen LogP contribution in [0.4, 0.5) is 0 Å². The lowest BCUT2D eigenvalue weighted by Crippen LogP contribution is -2.36. The minimum atomic E-state index is 0.178. The molecule has 0 aliphatic heterocycles. The molecule has 0 saturated heterocycles. The Balaban J connectivity index is 2.67. The number of nitrogens with one attached hydrogen (secondary N) is 1. The van der Waals surface area contributed by atoms with Crippen molar-refractivity contribution in [3.05, 3.63) is 34.3 Å². The van der Waals surface area contributed by atoms with Crippen LogP contribution in [-0.2, 0) is 4.74 Å². The zero-order chi connectivity index (χ0) is 13.4. The van der Waals surface area contributed by atoms with Crippen LogP contribution in [0.1, 0.15) is 31.4 Å². The predicted octanol–water partition coefficient (Wildman–Crippen LogP) is 2.89. The molecule has 0 saturated carbocycles. The fourth-order valence-corrected chi connectivity index (χ4v) is 2.27. The summed E-state index contributed by atoms with van der Waals surface area (Å²) >= 11 is 3.44. The summed E-state index contributed by atoms with van der Waals surface area (Å²) in [4.78, 5) is 0. The van der Waals surface area contributed by atoms with E-state index in [1.54, 1.807) is 7.11 Å². The van der Waals surface area contributed by atoms with Crippen molar-refractivity contribution in [3.8, 4) is 0 Å². The number of methoxy groups -OCH3 is 1. The Bertz CT molecular complexity index is 323. The summed E-state index contributed by atoms with van der Waals surface area (Å²) in [7, 11) is 1.69. The van der Waals surface area contributed by atoms with E-state index >= 15 is 0 Å². The third-order valence-electron chi connectivity index (χ3n) is 2.96. The van der Waals surface area contributed by atoms with Crippen LogP contribution in [0.3, 0.4) is 0 Å². The van der Waals surface area contributed by atoms with Crippen LogP contribution in [0.15, 0.2) is 28.7 Å². The average Bonchev–Trinajstić information content (AvgIpc) is 2.37. The van der Waals surface area contributed by atoms with Crippen molar-refractivity contribution in [1.82, 2.24) is 5.32 Å². The molecule has 1 aromatic carbocycles. The van der Waals surface area contributed by atoms with Crippen molar-refractivity contribution >= 4 is 15.9 Å². The summed E-state index contributed by atoms with van der Waals surface area (Å²) in [5.74, 6) is 0. The van der Waals surface area contributed by atoms with Gasteiger partial charge in [0.2, 0.25) is 0 Å². The van der Waals surface area contributed by atoms with Crippen LogP contribution in [0.5, 0.6) is 0 Å². The van der Waals surface area contributed by atoms with E-state index in [1.807, 2.05) is 0 Å². The molecule has 2 unspecified atom stereocenters. The monoisotopic (exact) mass is 315 g/mol. The van der Waals surface area contributed by atoms with Gasteiger partial charge in [-0.1, -0.05) is 35.0 Å². The van der Waals surface area contributed by atoms with Gasteiger partial charge in [-0.05, 0) is 30.5 Å². The van der Waals surface area contributed by atoms with Gasteiger partial charge in [0.05, 0.1) is 6.61 Å². The Labute approximate surface area is 118 Å². The van der Waals surface area contributed by atoms with Crippen molar-refractivity contribution in [2.75, 3.05) is 20.3 Å². The van der Waals surface area contributed by atoms with E-state index in [0.29, 0.717) is 19.1 Å². The second-order valence-electron chi connectivity index (χ2n) is 4.34. The van der Waals surface area contributed by atoms with E-state index < -0.39 is 0 Å². The van der Waals surface area contributed by atoms with Gasteiger partial charge < -0.3 is 15.2 Å². The van der Waals surface area contributed by atoms with Crippen LogP contribution in [0.2, 0.25) is 0 Å². The Hall–Kier alpha value is -0.420. The van der Waals surface area contributed by atoms with Crippen molar-refractivity contribution < 1.29 is 9.84 Å². The lowest BCUT2D eigenvalue weighted by molar-refractivity contribution is 0.142. The summed E-state index contributed by atoms with van der Waals surface area (Å²) < 4.78 is 6.26. The molecule has 0 heterocycles. The lowest BCUT2D eigenvalue weighted by atomic mass is 10.0. The standard InChI is InChI=1S/C14H22BrNO2/c1-3-14(11-4-6-12(15)7-5-11)16-13(8-9-17)10-18-2/h4-7,13-14,16-17H,3,8-10H2,1-2H3. The maximum absolute atomic E-state index is 9.05. The quantitative estimate of drug-likeness (QED) is 0.775. The van der Waals surface area contributed by atoms with Gasteiger partial charge in [0, 0.05) is 30.3 Å². The molecule has 0 radical (unpaired) electrons. The highest BCUT2D eigenvalue weighted by Crippen LogP contribution is 2.20. The first-order valence-electron chi connectivity index (χ1n) is 6.32. The molecule has 18 heavy (non-hydrogen) atoms. The highest BCUT2D eigenvalue weighted by Gasteiger charge is 2.15. The predicted molar refractivity (Wildman–Crippen MR) is 77.7 cm³/mol. The maximum Gasteiger partial charge on any atom is 0.0616 e. The highest BCUT2D eigenvalue weighted by atomic mass is 79.9. The smallest absolute Gasteiger partial charge is 0.0616 e. The number of aliphatic hydroxyl groups is 1. The Morgan fingerprint density at radius 3 is 2.50 bits per heavy atom. The van der Waals surface area contributed by atoms with Gasteiger partial charge in [-0.15, -0.1) is 0 Å². The Morgan fingerprint density at radius 2 is 2.00 bits per heavy atom. The van der Waals surface area contributed by atoms with E-state index in [4.69, 9.17) is 9.84 Å². The van der Waals surface area contributed by atoms with E-state index in [9.17, 15) is 0 Å². The minimum Gasteiger partial charge on any atom is -0.396 e. The number of hydrogen-bond acceptors (Lipinski definition) is 3. The highest BCUT2D eigenvalue weighted by molar-refractivity contribution is 9.10. The van der Waals surface area contributed by atoms with E-state index in [2.05, 4.69) is 52.4 Å². The molecule has 2 N–H and O–H groups in total. The first kappa shape index (κ1) is 15.6. The molecule has 0 aromatic heterocycles. The summed E-state index contributed by atoms with van der Waals surface area (Å²) in [5, 5.41) is 12.6. The minimum absolute atomic E-state index is 0.178. The van der Waals surface area contributed by atoms with Gasteiger partial charge in [-0.25, -0.2) is 0 Å². The van der Waals surface area contributed by atoms with Crippen LogP contribution >= 0.6 is 15.9 Å². The van der Waals surface area contributed by atoms with E-state index in [0.717, 1.165) is 10.9 Å². The molecule has 4 heteroatoms. The SMILES string of the molecule is CCC(NC(CCO)COC)c1ccc(Br)cc1. The van der Waals surface area contributed by atoms with Gasteiger partial charge in [0.15, 0.2) is 0 Å². The molecule has 0 aliphatic rings. The Kier molecular flexibility index (Phi) is 7.51. The van der Waals surface area contributed by atoms with Crippen molar-refractivity contribution in [1.29, 1.82) is 0 Å². The second-order valence-corrected chi connectivity index (χ2v) is 5.26. The number of ether oxygens (including phenoxy) is 1. The molecule has 1 aromatic rings. The second kappa shape index (κ2) is 8.64. The summed E-state index contributed by atoms with van der Waals surface area (Å²) in [6.07, 6.45) is 1.72. The summed E-state index contributed by atoms with van der Waals surface area (Å²) in [6.45, 7) is 2.95. The molecule has 0 fully saturated rings. The number of aliphatic hydroxyl groups excluding tert-OH is 1. The van der Waals surface area contributed by atoms with Crippen LogP contribution in [0.25, 0.3) is 0 Å². The van der Waals surface area contributed by atoms with Crippen LogP contribution in [-0.4, -0.2) is 31.5 Å². The van der Waals surface area contributed by atoms with Crippen molar-refractivity contribution in [2.24, 2.45) is 0 Å². The van der Waals surface area contributed by atoms with E-state index in [-0.39, 0.29) is 12.6 Å². The lowest BCUT2D eigenvalue weighted by Gasteiger charge is -2.24. The molecule has 0 amide bonds. The van der Waals surface area contributed by atoms with Gasteiger partial charge >= 0.3 is 0 Å². The first-order chi connectivity index (χ1) is 8.71. The molecule has 3 nitrogen and oxygen atoms in total. The zero-order valence-corrected chi connectivity index (χ0v) is 12.6. The molecular formula is C14H22BrNO2. The molecule has 1 rings (SSSR count). The van der Waals surface area contributed by atoms with Crippen molar-refractivity contribution in [2.45, 2.75) is 31.8 Å². The average molecular weight is 316 g/mol. The van der Waals surface area contributed by atoms with E-state index in [1.165, 1.54) is 5.56 Å². The normalized spacial score (nSPS) is 14.4. The largest absolute Gasteiger partial charge is 0.396 e. The number of hydrogen-bond donors (Lipinski definition) is 2. The van der Waals surface area contributed by atoms with Gasteiger partial charge in [-0.2, -0.15) is 0 Å². The fourth-order valence-electron chi connectivity index (χ4n) is 2.00. The van der Waals surface area contributed by atoms with Gasteiger partial charge in [0.25, 0.3) is 0 Å². The van der Waals surface area contributed by atoms with Crippen molar-refractivity contribution in [3.63, 3.8) is 0 Å². The fraction of sp³-hybridized carbons (Fsp3) is 0.571. The zero-order valence-electron chi connectivity index (χ0n) is 11.0. The maximum atomic E-state index is 9.05. The van der Waals surface area contributed by atoms with Crippen LogP contribution in [0, 0.1) is 0 Å². The summed E-state index contributed by atoms with van der Waals surface area (Å²) in [5.41, 5.74) is 1.26. The number of halogens is 1. The van der Waals surface area contributed by atoms with Crippen LogP contribution < -0.4 is 5.32 Å². The third-order valence-corrected chi connectivity index (χ3v) is 3.49. The molecule has 0 aliphatic carbocycles. The third kappa shape index (κ3) is 5.06. The number of benzene rings is 1. The van der Waals surface area contributed by atoms with Gasteiger partial charge in [0.1, 0.15) is 0 Å². The molecular weight excluding hydrogens is 294 g/mol. The molecule has 2 atom stereocenters. The Morgan fingerprint density at radius 1 is 1.33 bits per heavy atom. The van der Waals surface area contributed by atoms with Gasteiger partial charge in [-0.3, -0.25) is 0 Å².